The molecule has 1 heterocycles. The molecule has 0 radical (unpaired) electrons. The van der Waals surface area contributed by atoms with Crippen LogP contribution in [0.1, 0.15) is 20.3 Å². The van der Waals surface area contributed by atoms with E-state index >= 15 is 0 Å². The molecule has 0 bridgehead atoms. The molecule has 1 aromatic rings. The Morgan fingerprint density at radius 1 is 1.41 bits per heavy atom. The molecule has 17 heavy (non-hydrogen) atoms. The van der Waals surface area contributed by atoms with Crippen LogP contribution in [-0.2, 0) is 4.79 Å². The van der Waals surface area contributed by atoms with Crippen LogP contribution in [0.2, 0.25) is 0 Å². The zero-order valence-corrected chi connectivity index (χ0v) is 11.0. The van der Waals surface area contributed by atoms with Crippen molar-refractivity contribution in [3.8, 4) is 5.75 Å². The number of carbonyl (C=O) groups is 1. The number of thiol groups is 1. The molecule has 1 aliphatic rings. The number of benzene rings is 1. The smallest absolute Gasteiger partial charge is 0.228 e. The largest absolute Gasteiger partial charge is 0.489 e. The number of hydrogen-bond donors (Lipinski definition) is 1. The monoisotopic (exact) mass is 251 g/mol. The predicted octanol–water partition coefficient (Wildman–Crippen LogP) is 2.51. The van der Waals surface area contributed by atoms with E-state index in [0.717, 1.165) is 11.4 Å². The average molecular weight is 251 g/mol. The summed E-state index contributed by atoms with van der Waals surface area (Å²) in [7, 11) is 0. The molecule has 1 aliphatic heterocycles. The lowest BCUT2D eigenvalue weighted by Crippen LogP contribution is -2.25. The van der Waals surface area contributed by atoms with Gasteiger partial charge in [0.25, 0.3) is 0 Å². The first-order chi connectivity index (χ1) is 8.08. The first-order valence-electron chi connectivity index (χ1n) is 5.82. The summed E-state index contributed by atoms with van der Waals surface area (Å²) in [5, 5.41) is 0.120. The zero-order chi connectivity index (χ0) is 12.4. The summed E-state index contributed by atoms with van der Waals surface area (Å²) < 4.78 is 5.72. The fourth-order valence-corrected chi connectivity index (χ4v) is 2.27. The Kier molecular flexibility index (Phi) is 3.62. The number of para-hydroxylation sites is 2. The Bertz CT molecular complexity index is 420. The topological polar surface area (TPSA) is 29.5 Å². The van der Waals surface area contributed by atoms with Gasteiger partial charge in [0.15, 0.2) is 0 Å². The number of ether oxygens (including phenoxy) is 1. The molecule has 92 valence electrons. The Balaban J connectivity index is 2.28. The predicted molar refractivity (Wildman–Crippen MR) is 72.0 cm³/mol. The van der Waals surface area contributed by atoms with Gasteiger partial charge in [-0.3, -0.25) is 4.79 Å². The second-order valence-electron chi connectivity index (χ2n) is 4.50. The van der Waals surface area contributed by atoms with Crippen LogP contribution in [0.15, 0.2) is 24.3 Å². The average Bonchev–Trinajstić information content (AvgIpc) is 2.58. The molecular weight excluding hydrogens is 234 g/mol. The van der Waals surface area contributed by atoms with Crippen molar-refractivity contribution in [3.05, 3.63) is 24.3 Å². The molecule has 0 aliphatic carbocycles. The Labute approximate surface area is 107 Å². The van der Waals surface area contributed by atoms with Crippen LogP contribution >= 0.6 is 12.6 Å². The van der Waals surface area contributed by atoms with Gasteiger partial charge in [0.2, 0.25) is 5.91 Å². The Morgan fingerprint density at radius 2 is 2.12 bits per heavy atom. The summed E-state index contributed by atoms with van der Waals surface area (Å²) in [6, 6.07) is 7.65. The molecule has 1 atom stereocenters. The van der Waals surface area contributed by atoms with E-state index in [1.165, 1.54) is 0 Å². The summed E-state index contributed by atoms with van der Waals surface area (Å²) >= 11 is 4.36. The van der Waals surface area contributed by atoms with Crippen molar-refractivity contribution in [2.45, 2.75) is 31.6 Å². The minimum absolute atomic E-state index is 0.0978. The third kappa shape index (κ3) is 2.75. The summed E-state index contributed by atoms with van der Waals surface area (Å²) in [4.78, 5) is 13.6. The van der Waals surface area contributed by atoms with E-state index in [0.29, 0.717) is 13.0 Å². The number of nitrogens with zero attached hydrogens (tertiary/aromatic N) is 1. The van der Waals surface area contributed by atoms with Crippen molar-refractivity contribution in [1.82, 2.24) is 0 Å². The Hall–Kier alpha value is -1.16. The molecule has 1 saturated heterocycles. The van der Waals surface area contributed by atoms with Crippen molar-refractivity contribution < 1.29 is 9.53 Å². The number of hydrogen-bond acceptors (Lipinski definition) is 3. The normalized spacial score (nSPS) is 20.1. The van der Waals surface area contributed by atoms with E-state index in [1.807, 2.05) is 38.1 Å². The van der Waals surface area contributed by atoms with Crippen molar-refractivity contribution in [1.29, 1.82) is 0 Å². The van der Waals surface area contributed by atoms with Gasteiger partial charge in [0.05, 0.1) is 11.8 Å². The number of amides is 1. The maximum atomic E-state index is 11.8. The molecule has 0 spiro atoms. The highest BCUT2D eigenvalue weighted by Crippen LogP contribution is 2.32. The molecule has 1 unspecified atom stereocenters. The summed E-state index contributed by atoms with van der Waals surface area (Å²) in [5.41, 5.74) is 0.850. The fourth-order valence-electron chi connectivity index (χ4n) is 1.96. The quantitative estimate of drug-likeness (QED) is 0.836. The molecule has 0 saturated carbocycles. The highest BCUT2D eigenvalue weighted by atomic mass is 32.1. The van der Waals surface area contributed by atoms with Crippen molar-refractivity contribution in [2.75, 3.05) is 11.4 Å². The molecular formula is C13H17NO2S. The van der Waals surface area contributed by atoms with Crippen LogP contribution in [-0.4, -0.2) is 23.8 Å². The second kappa shape index (κ2) is 5.00. The summed E-state index contributed by atoms with van der Waals surface area (Å²) in [6.07, 6.45) is 0.597. The third-order valence-electron chi connectivity index (χ3n) is 2.62. The molecule has 1 aromatic carbocycles. The van der Waals surface area contributed by atoms with E-state index in [-0.39, 0.29) is 17.3 Å². The van der Waals surface area contributed by atoms with Gasteiger partial charge in [-0.15, -0.1) is 0 Å². The van der Waals surface area contributed by atoms with Gasteiger partial charge in [0.1, 0.15) is 5.75 Å². The maximum Gasteiger partial charge on any atom is 0.228 e. The number of rotatable bonds is 3. The summed E-state index contributed by atoms with van der Waals surface area (Å²) in [5.74, 6) is 0.878. The zero-order valence-electron chi connectivity index (χ0n) is 10.1. The highest BCUT2D eigenvalue weighted by Gasteiger charge is 2.30. The standard InChI is InChI=1S/C13H17NO2S/c1-9(2)16-12-6-4-3-5-11(12)14-8-10(17)7-13(14)15/h3-6,9-10,17H,7-8H2,1-2H3. The SMILES string of the molecule is CC(C)Oc1ccccc1N1CC(S)CC1=O. The Morgan fingerprint density at radius 3 is 2.71 bits per heavy atom. The van der Waals surface area contributed by atoms with Gasteiger partial charge >= 0.3 is 0 Å². The van der Waals surface area contributed by atoms with Gasteiger partial charge in [-0.25, -0.2) is 0 Å². The first kappa shape index (κ1) is 12.3. The summed E-state index contributed by atoms with van der Waals surface area (Å²) in [6.45, 7) is 4.61. The van der Waals surface area contributed by atoms with Crippen LogP contribution in [0.5, 0.6) is 5.75 Å². The number of anilines is 1. The van der Waals surface area contributed by atoms with Gasteiger partial charge in [-0.05, 0) is 26.0 Å². The second-order valence-corrected chi connectivity index (χ2v) is 5.23. The van der Waals surface area contributed by atoms with Crippen LogP contribution < -0.4 is 9.64 Å². The molecule has 1 amide bonds. The molecule has 0 N–H and O–H groups in total. The fraction of sp³-hybridized carbons (Fsp3) is 0.462. The minimum Gasteiger partial charge on any atom is -0.489 e. The van der Waals surface area contributed by atoms with Gasteiger partial charge in [-0.2, -0.15) is 12.6 Å². The lowest BCUT2D eigenvalue weighted by atomic mass is 10.2. The van der Waals surface area contributed by atoms with E-state index in [1.54, 1.807) is 4.90 Å². The molecule has 4 heteroatoms. The lowest BCUT2D eigenvalue weighted by molar-refractivity contribution is -0.117. The van der Waals surface area contributed by atoms with Crippen LogP contribution in [0.3, 0.4) is 0 Å². The van der Waals surface area contributed by atoms with Crippen LogP contribution in [0, 0.1) is 0 Å². The third-order valence-corrected chi connectivity index (χ3v) is 2.97. The first-order valence-corrected chi connectivity index (χ1v) is 6.33. The van der Waals surface area contributed by atoms with Crippen LogP contribution in [0.4, 0.5) is 5.69 Å². The van der Waals surface area contributed by atoms with Crippen molar-refractivity contribution in [3.63, 3.8) is 0 Å². The molecule has 3 nitrogen and oxygen atoms in total. The van der Waals surface area contributed by atoms with E-state index < -0.39 is 0 Å². The van der Waals surface area contributed by atoms with E-state index in [9.17, 15) is 4.79 Å². The van der Waals surface area contributed by atoms with Crippen molar-refractivity contribution >= 4 is 24.2 Å². The van der Waals surface area contributed by atoms with Crippen molar-refractivity contribution in [2.24, 2.45) is 0 Å². The number of carbonyl (C=O) groups excluding carboxylic acids is 1. The highest BCUT2D eigenvalue weighted by molar-refractivity contribution is 7.81. The van der Waals surface area contributed by atoms with Gasteiger partial charge < -0.3 is 9.64 Å². The van der Waals surface area contributed by atoms with E-state index in [2.05, 4.69) is 12.6 Å². The molecule has 1 fully saturated rings. The van der Waals surface area contributed by atoms with Gasteiger partial charge in [-0.1, -0.05) is 12.1 Å². The molecule has 0 aromatic heterocycles. The minimum atomic E-state index is 0.0978. The lowest BCUT2D eigenvalue weighted by Gasteiger charge is -2.21. The van der Waals surface area contributed by atoms with Gasteiger partial charge in [0, 0.05) is 18.2 Å². The van der Waals surface area contributed by atoms with Crippen LogP contribution in [0.25, 0.3) is 0 Å². The maximum absolute atomic E-state index is 11.8. The van der Waals surface area contributed by atoms with E-state index in [4.69, 9.17) is 4.74 Å². The molecule has 2 rings (SSSR count).